The molecule has 0 aromatic heterocycles. The van der Waals surface area contributed by atoms with Gasteiger partial charge in [-0.1, -0.05) is 27.2 Å². The van der Waals surface area contributed by atoms with E-state index in [4.69, 9.17) is 9.47 Å². The molecule has 0 aromatic carbocycles. The lowest BCUT2D eigenvalue weighted by atomic mass is 10.2. The topological polar surface area (TPSA) is 58.1 Å². The quantitative estimate of drug-likeness (QED) is 0.152. The highest BCUT2D eigenvalue weighted by molar-refractivity contribution is 14.0. The van der Waals surface area contributed by atoms with Crippen LogP contribution in [0.1, 0.15) is 53.4 Å². The minimum absolute atomic E-state index is 0. The van der Waals surface area contributed by atoms with Crippen molar-refractivity contribution in [1.82, 2.24) is 15.5 Å². The van der Waals surface area contributed by atoms with Crippen LogP contribution >= 0.6 is 24.0 Å². The third-order valence-corrected chi connectivity index (χ3v) is 4.17. The molecule has 0 amide bonds. The lowest BCUT2D eigenvalue weighted by molar-refractivity contribution is 0.0487. The van der Waals surface area contributed by atoms with E-state index in [1.807, 2.05) is 0 Å². The average Bonchev–Trinajstić information content (AvgIpc) is 2.62. The lowest BCUT2D eigenvalue weighted by Crippen LogP contribution is -2.43. The molecule has 0 aliphatic rings. The lowest BCUT2D eigenvalue weighted by Gasteiger charge is -2.21. The van der Waals surface area contributed by atoms with E-state index in [2.05, 4.69) is 48.2 Å². The van der Waals surface area contributed by atoms with Crippen molar-refractivity contribution in [2.24, 2.45) is 4.99 Å². The zero-order valence-corrected chi connectivity index (χ0v) is 20.0. The predicted molar refractivity (Wildman–Crippen MR) is 123 cm³/mol. The van der Waals surface area contributed by atoms with Gasteiger partial charge in [0.25, 0.3) is 0 Å². The molecular formula is C19H43IN4O2. The maximum Gasteiger partial charge on any atom is 0.191 e. The standard InChI is InChI=1S/C19H42N4O2.HI/c1-6-9-14-24-16-17-25-15-12-21-19(20-5)22-18(4)11-10-13-23(7-2)8-3;/h18H,6-17H2,1-5H3,(H2,20,21,22);1H. The molecule has 0 saturated carbocycles. The monoisotopic (exact) mass is 486 g/mol. The van der Waals surface area contributed by atoms with E-state index >= 15 is 0 Å². The van der Waals surface area contributed by atoms with E-state index < -0.39 is 0 Å². The smallest absolute Gasteiger partial charge is 0.191 e. The van der Waals surface area contributed by atoms with Crippen molar-refractivity contribution in [2.45, 2.75) is 59.4 Å². The fourth-order valence-electron chi connectivity index (χ4n) is 2.47. The minimum atomic E-state index is 0. The number of halogens is 1. The van der Waals surface area contributed by atoms with Gasteiger partial charge in [-0.3, -0.25) is 4.99 Å². The summed E-state index contributed by atoms with van der Waals surface area (Å²) in [6.45, 7) is 15.8. The first-order valence-corrected chi connectivity index (χ1v) is 10.0. The molecule has 0 aliphatic carbocycles. The number of rotatable bonds is 16. The second kappa shape index (κ2) is 21.2. The summed E-state index contributed by atoms with van der Waals surface area (Å²) in [4.78, 5) is 6.74. The van der Waals surface area contributed by atoms with Crippen molar-refractivity contribution in [2.75, 3.05) is 59.7 Å². The van der Waals surface area contributed by atoms with Crippen LogP contribution in [-0.4, -0.2) is 76.6 Å². The van der Waals surface area contributed by atoms with Gasteiger partial charge in [0.15, 0.2) is 5.96 Å². The number of aliphatic imine (C=N–C) groups is 1. The number of nitrogens with one attached hydrogen (secondary N) is 2. The second-order valence-electron chi connectivity index (χ2n) is 6.29. The molecular weight excluding hydrogens is 443 g/mol. The largest absolute Gasteiger partial charge is 0.379 e. The zero-order chi connectivity index (χ0) is 18.8. The van der Waals surface area contributed by atoms with Gasteiger partial charge in [0.2, 0.25) is 0 Å². The van der Waals surface area contributed by atoms with E-state index in [0.717, 1.165) is 45.0 Å². The molecule has 0 bridgehead atoms. The first-order valence-electron chi connectivity index (χ1n) is 10.0. The highest BCUT2D eigenvalue weighted by atomic mass is 127. The van der Waals surface area contributed by atoms with Crippen molar-refractivity contribution >= 4 is 29.9 Å². The van der Waals surface area contributed by atoms with Crippen LogP contribution in [0.2, 0.25) is 0 Å². The van der Waals surface area contributed by atoms with Gasteiger partial charge in [-0.25, -0.2) is 0 Å². The minimum Gasteiger partial charge on any atom is -0.379 e. The second-order valence-corrected chi connectivity index (χ2v) is 6.29. The van der Waals surface area contributed by atoms with Gasteiger partial charge < -0.3 is 25.0 Å². The molecule has 0 spiro atoms. The highest BCUT2D eigenvalue weighted by Crippen LogP contribution is 1.99. The molecule has 0 radical (unpaired) electrons. The SMILES string of the molecule is CCCCOCCOCCNC(=NC)NC(C)CCCN(CC)CC.I. The molecule has 0 saturated heterocycles. The maximum atomic E-state index is 5.55. The van der Waals surface area contributed by atoms with E-state index in [1.165, 1.54) is 19.4 Å². The summed E-state index contributed by atoms with van der Waals surface area (Å²) in [5.74, 6) is 0.845. The van der Waals surface area contributed by atoms with Crippen LogP contribution in [-0.2, 0) is 9.47 Å². The van der Waals surface area contributed by atoms with Crippen molar-refractivity contribution < 1.29 is 9.47 Å². The van der Waals surface area contributed by atoms with Crippen LogP contribution in [0.5, 0.6) is 0 Å². The summed E-state index contributed by atoms with van der Waals surface area (Å²) in [6, 6.07) is 0.412. The maximum absolute atomic E-state index is 5.55. The van der Waals surface area contributed by atoms with Crippen molar-refractivity contribution in [3.05, 3.63) is 0 Å². The molecule has 1 unspecified atom stereocenters. The van der Waals surface area contributed by atoms with Crippen LogP contribution < -0.4 is 10.6 Å². The molecule has 1 atom stereocenters. The molecule has 0 aliphatic heterocycles. The predicted octanol–water partition coefficient (Wildman–Crippen LogP) is 3.11. The van der Waals surface area contributed by atoms with Gasteiger partial charge in [0.05, 0.1) is 19.8 Å². The van der Waals surface area contributed by atoms with E-state index in [0.29, 0.717) is 25.9 Å². The summed E-state index contributed by atoms with van der Waals surface area (Å²) in [7, 11) is 1.81. The summed E-state index contributed by atoms with van der Waals surface area (Å²) in [5.41, 5.74) is 0. The third kappa shape index (κ3) is 17.3. The zero-order valence-electron chi connectivity index (χ0n) is 17.7. The fraction of sp³-hybridized carbons (Fsp3) is 0.947. The summed E-state index contributed by atoms with van der Waals surface area (Å²) < 4.78 is 11.0. The van der Waals surface area contributed by atoms with E-state index in [9.17, 15) is 0 Å². The molecule has 6 nitrogen and oxygen atoms in total. The summed E-state index contributed by atoms with van der Waals surface area (Å²) in [6.07, 6.45) is 4.64. The normalized spacial score (nSPS) is 12.8. The van der Waals surface area contributed by atoms with Crippen LogP contribution in [0.25, 0.3) is 0 Å². The molecule has 0 rings (SSSR count). The van der Waals surface area contributed by atoms with Crippen LogP contribution in [0.15, 0.2) is 4.99 Å². The van der Waals surface area contributed by atoms with Gasteiger partial charge in [0.1, 0.15) is 0 Å². The number of ether oxygens (including phenoxy) is 2. The number of guanidine groups is 1. The number of unbranched alkanes of at least 4 members (excludes halogenated alkanes) is 1. The Morgan fingerprint density at radius 2 is 1.65 bits per heavy atom. The molecule has 0 heterocycles. The Bertz CT molecular complexity index is 316. The number of nitrogens with zero attached hydrogens (tertiary/aromatic N) is 2. The van der Waals surface area contributed by atoms with Crippen molar-refractivity contribution in [1.29, 1.82) is 0 Å². The van der Waals surface area contributed by atoms with Crippen molar-refractivity contribution in [3.8, 4) is 0 Å². The van der Waals surface area contributed by atoms with Crippen LogP contribution in [0.4, 0.5) is 0 Å². The van der Waals surface area contributed by atoms with Gasteiger partial charge >= 0.3 is 0 Å². The number of hydrogen-bond donors (Lipinski definition) is 2. The molecule has 0 aromatic rings. The molecule has 0 fully saturated rings. The van der Waals surface area contributed by atoms with Gasteiger partial charge in [-0.2, -0.15) is 0 Å². The van der Waals surface area contributed by atoms with E-state index in [-0.39, 0.29) is 24.0 Å². The van der Waals surface area contributed by atoms with Crippen molar-refractivity contribution in [3.63, 3.8) is 0 Å². The van der Waals surface area contributed by atoms with Gasteiger partial charge in [0, 0.05) is 26.2 Å². The Morgan fingerprint density at radius 3 is 2.23 bits per heavy atom. The van der Waals surface area contributed by atoms with Gasteiger partial charge in [-0.15, -0.1) is 24.0 Å². The Kier molecular flexibility index (Phi) is 22.9. The van der Waals surface area contributed by atoms with Crippen LogP contribution in [0.3, 0.4) is 0 Å². The van der Waals surface area contributed by atoms with Gasteiger partial charge in [-0.05, 0) is 45.8 Å². The highest BCUT2D eigenvalue weighted by Gasteiger charge is 2.06. The Hall–Kier alpha value is -0.120. The Labute approximate surface area is 178 Å². The Balaban J connectivity index is 0. The molecule has 2 N–H and O–H groups in total. The average molecular weight is 486 g/mol. The van der Waals surface area contributed by atoms with E-state index in [1.54, 1.807) is 7.05 Å². The fourth-order valence-corrected chi connectivity index (χ4v) is 2.47. The molecule has 26 heavy (non-hydrogen) atoms. The first-order chi connectivity index (χ1) is 12.2. The Morgan fingerprint density at radius 1 is 1.00 bits per heavy atom. The summed E-state index contributed by atoms with van der Waals surface area (Å²) in [5, 5.41) is 6.74. The molecule has 158 valence electrons. The first kappa shape index (κ1) is 28.1. The third-order valence-electron chi connectivity index (χ3n) is 4.17. The molecule has 7 heteroatoms. The van der Waals surface area contributed by atoms with Crippen LogP contribution in [0, 0.1) is 0 Å². The number of hydrogen-bond acceptors (Lipinski definition) is 4. The summed E-state index contributed by atoms with van der Waals surface area (Å²) >= 11 is 0.